The van der Waals surface area contributed by atoms with Crippen molar-refractivity contribution in [1.29, 1.82) is 0 Å². The lowest BCUT2D eigenvalue weighted by molar-refractivity contribution is 0.449. The molecule has 0 saturated carbocycles. The summed E-state index contributed by atoms with van der Waals surface area (Å²) in [6.07, 6.45) is 12.5. The molecule has 0 saturated heterocycles. The summed E-state index contributed by atoms with van der Waals surface area (Å²) in [4.78, 5) is 2.73. The number of hydrogen-bond donors (Lipinski definition) is 0. The first kappa shape index (κ1) is 38.6. The second kappa shape index (κ2) is 15.8. The standard InChI is InChI=1S/C54H50Br2S2/c1-5-9-15-31(7-3)25-35-29-45(57-53(35)55)49-39-19-13-11-17-37(39)43-27-34-22-24-42-50(46-30-36(54(56)58-46)26-32(8-4)16-10-6-2)40-20-14-12-18-38(40)44-28-33-21-23-41(49)51(43)47(33)48(34)52(42)44/h11-14,17-24,27-32H,5-10,15-16,25-26H2,1-4H3. The zero-order valence-electron chi connectivity index (χ0n) is 34.0. The van der Waals surface area contributed by atoms with E-state index in [1.165, 1.54) is 166 Å². The Morgan fingerprint density at radius 2 is 0.862 bits per heavy atom. The summed E-state index contributed by atoms with van der Waals surface area (Å²) in [6.45, 7) is 9.35. The summed E-state index contributed by atoms with van der Waals surface area (Å²) in [5.41, 5.74) is 5.68. The molecule has 4 heteroatoms. The molecule has 0 spiro atoms. The molecule has 10 rings (SSSR count). The molecule has 0 radical (unpaired) electrons. The van der Waals surface area contributed by atoms with Crippen LogP contribution in [-0.4, -0.2) is 0 Å². The minimum atomic E-state index is 0.721. The van der Waals surface area contributed by atoms with Gasteiger partial charge in [0.1, 0.15) is 0 Å². The van der Waals surface area contributed by atoms with E-state index in [2.05, 4.69) is 157 Å². The summed E-state index contributed by atoms with van der Waals surface area (Å²) < 4.78 is 2.58. The number of halogens is 2. The molecule has 0 aliphatic carbocycles. The van der Waals surface area contributed by atoms with Crippen molar-refractivity contribution in [3.05, 3.63) is 116 Å². The van der Waals surface area contributed by atoms with Crippen LogP contribution < -0.4 is 0 Å². The average molecular weight is 923 g/mol. The lowest BCUT2D eigenvalue weighted by atomic mass is 9.81. The van der Waals surface area contributed by atoms with Crippen molar-refractivity contribution in [2.45, 2.75) is 91.9 Å². The minimum Gasteiger partial charge on any atom is -0.128 e. The van der Waals surface area contributed by atoms with Gasteiger partial charge in [-0.25, -0.2) is 0 Å². The summed E-state index contributed by atoms with van der Waals surface area (Å²) in [6, 6.07) is 38.1. The van der Waals surface area contributed by atoms with E-state index in [4.69, 9.17) is 0 Å². The predicted octanol–water partition coefficient (Wildman–Crippen LogP) is 19.1. The fourth-order valence-corrected chi connectivity index (χ4v) is 14.0. The molecule has 0 aliphatic heterocycles. The molecular formula is C54H50Br2S2. The van der Waals surface area contributed by atoms with Crippen molar-refractivity contribution >= 4 is 130 Å². The van der Waals surface area contributed by atoms with E-state index < -0.39 is 0 Å². The normalized spacial score (nSPS) is 13.6. The van der Waals surface area contributed by atoms with Crippen LogP contribution >= 0.6 is 54.5 Å². The smallest absolute Gasteiger partial charge is 0.0737 e. The Morgan fingerprint density at radius 3 is 1.26 bits per heavy atom. The second-order valence-electron chi connectivity index (χ2n) is 16.9. The van der Waals surface area contributed by atoms with Gasteiger partial charge < -0.3 is 0 Å². The first-order chi connectivity index (χ1) is 28.4. The van der Waals surface area contributed by atoms with E-state index in [1.54, 1.807) is 0 Å². The molecule has 2 heterocycles. The van der Waals surface area contributed by atoms with Crippen LogP contribution in [0.4, 0.5) is 0 Å². The molecule has 2 aromatic heterocycles. The van der Waals surface area contributed by atoms with Crippen LogP contribution in [-0.2, 0) is 12.8 Å². The molecule has 8 aromatic carbocycles. The third-order valence-electron chi connectivity index (χ3n) is 13.5. The number of rotatable bonds is 14. The Morgan fingerprint density at radius 1 is 0.448 bits per heavy atom. The Bertz CT molecular complexity index is 2900. The first-order valence-electron chi connectivity index (χ1n) is 21.7. The number of hydrogen-bond acceptors (Lipinski definition) is 2. The van der Waals surface area contributed by atoms with E-state index >= 15 is 0 Å². The minimum absolute atomic E-state index is 0.721. The summed E-state index contributed by atoms with van der Waals surface area (Å²) in [5, 5.41) is 19.1. The lowest BCUT2D eigenvalue weighted by Crippen LogP contribution is -2.02. The summed E-state index contributed by atoms with van der Waals surface area (Å²) in [7, 11) is 0. The monoisotopic (exact) mass is 920 g/mol. The van der Waals surface area contributed by atoms with Gasteiger partial charge in [-0.3, -0.25) is 0 Å². The van der Waals surface area contributed by atoms with Gasteiger partial charge in [0.2, 0.25) is 0 Å². The van der Waals surface area contributed by atoms with Gasteiger partial charge in [0.05, 0.1) is 7.57 Å². The van der Waals surface area contributed by atoms with Crippen molar-refractivity contribution < 1.29 is 0 Å². The van der Waals surface area contributed by atoms with Gasteiger partial charge in [0, 0.05) is 20.9 Å². The molecule has 10 aromatic rings. The molecule has 0 aliphatic rings. The highest BCUT2D eigenvalue weighted by Gasteiger charge is 2.25. The molecule has 0 fully saturated rings. The van der Waals surface area contributed by atoms with Crippen LogP contribution in [0.5, 0.6) is 0 Å². The molecule has 2 atom stereocenters. The van der Waals surface area contributed by atoms with Crippen LogP contribution in [0.25, 0.3) is 96.3 Å². The van der Waals surface area contributed by atoms with Crippen molar-refractivity contribution in [1.82, 2.24) is 0 Å². The van der Waals surface area contributed by atoms with E-state index in [9.17, 15) is 0 Å². The highest BCUT2D eigenvalue weighted by molar-refractivity contribution is 9.11. The fraction of sp³-hybridized carbons (Fsp3) is 0.296. The van der Waals surface area contributed by atoms with Gasteiger partial charge in [-0.2, -0.15) is 0 Å². The predicted molar refractivity (Wildman–Crippen MR) is 267 cm³/mol. The largest absolute Gasteiger partial charge is 0.128 e. The highest BCUT2D eigenvalue weighted by Crippen LogP contribution is 2.53. The maximum absolute atomic E-state index is 4.07. The third-order valence-corrected chi connectivity index (χ3v) is 17.4. The highest BCUT2D eigenvalue weighted by atomic mass is 79.9. The average Bonchev–Trinajstić information content (AvgIpc) is 3.80. The van der Waals surface area contributed by atoms with E-state index in [0.717, 1.165) is 24.7 Å². The Kier molecular flexibility index (Phi) is 10.5. The lowest BCUT2D eigenvalue weighted by Gasteiger charge is -2.22. The zero-order chi connectivity index (χ0) is 39.7. The van der Waals surface area contributed by atoms with E-state index in [-0.39, 0.29) is 0 Å². The molecule has 58 heavy (non-hydrogen) atoms. The van der Waals surface area contributed by atoms with Gasteiger partial charge in [-0.1, -0.05) is 152 Å². The van der Waals surface area contributed by atoms with Crippen LogP contribution in [0.1, 0.15) is 90.2 Å². The maximum atomic E-state index is 4.07. The molecule has 0 bridgehead atoms. The van der Waals surface area contributed by atoms with Gasteiger partial charge in [0.15, 0.2) is 0 Å². The molecule has 0 N–H and O–H groups in total. The number of benzene rings is 8. The number of thiophene rings is 2. The third kappa shape index (κ3) is 6.30. The first-order valence-corrected chi connectivity index (χ1v) is 24.9. The van der Waals surface area contributed by atoms with Gasteiger partial charge in [-0.15, -0.1) is 22.7 Å². The van der Waals surface area contributed by atoms with Crippen molar-refractivity contribution in [2.24, 2.45) is 11.8 Å². The number of fused-ring (bicyclic) bond motifs is 4. The van der Waals surface area contributed by atoms with Crippen molar-refractivity contribution in [2.75, 3.05) is 0 Å². The topological polar surface area (TPSA) is 0 Å². The van der Waals surface area contributed by atoms with Gasteiger partial charge in [0.25, 0.3) is 0 Å². The maximum Gasteiger partial charge on any atom is 0.0737 e. The van der Waals surface area contributed by atoms with Crippen LogP contribution in [0.2, 0.25) is 0 Å². The van der Waals surface area contributed by atoms with Crippen LogP contribution in [0.15, 0.2) is 105 Å². The van der Waals surface area contributed by atoms with Crippen molar-refractivity contribution in [3.8, 4) is 20.9 Å². The SMILES string of the molecule is CCCCC(CC)Cc1cc(-c2c3ccccc3c3cc4ccc5c(-c6cc(CC(CC)CCCC)c(Br)s6)c6ccccc6c6cc7ccc2c3c7c4c56)sc1Br. The molecule has 0 nitrogen and oxygen atoms in total. The van der Waals surface area contributed by atoms with Crippen LogP contribution in [0.3, 0.4) is 0 Å². The second-order valence-corrected chi connectivity index (χ2v) is 21.7. The zero-order valence-corrected chi connectivity index (χ0v) is 38.8. The van der Waals surface area contributed by atoms with Crippen molar-refractivity contribution in [3.63, 3.8) is 0 Å². The summed E-state index contributed by atoms with van der Waals surface area (Å²) >= 11 is 12.0. The quantitative estimate of drug-likeness (QED) is 0.0753. The van der Waals surface area contributed by atoms with E-state index in [0.29, 0.717) is 0 Å². The Balaban J connectivity index is 1.24. The van der Waals surface area contributed by atoms with Gasteiger partial charge in [-0.05, 0) is 167 Å². The Hall–Kier alpha value is -3.54. The molecule has 0 amide bonds. The fourth-order valence-electron chi connectivity index (χ4n) is 10.4. The summed E-state index contributed by atoms with van der Waals surface area (Å²) in [5.74, 6) is 1.44. The van der Waals surface area contributed by atoms with E-state index in [1.807, 2.05) is 22.7 Å². The van der Waals surface area contributed by atoms with Gasteiger partial charge >= 0.3 is 0 Å². The van der Waals surface area contributed by atoms with Crippen LogP contribution in [0, 0.1) is 11.8 Å². The Labute approximate surface area is 367 Å². The molecule has 292 valence electrons. The molecular weight excluding hydrogens is 873 g/mol. The molecule has 2 unspecified atom stereocenters. The number of unbranched alkanes of at least 4 members (excludes halogenated alkanes) is 2.